The van der Waals surface area contributed by atoms with Crippen LogP contribution in [0.15, 0.2) is 0 Å². The lowest BCUT2D eigenvalue weighted by Gasteiger charge is -2.13. The first-order valence-electron chi connectivity index (χ1n) is 4.40. The predicted molar refractivity (Wildman–Crippen MR) is 54.1 cm³/mol. The fourth-order valence-corrected chi connectivity index (χ4v) is 2.60. The lowest BCUT2D eigenvalue weighted by molar-refractivity contribution is -0.145. The van der Waals surface area contributed by atoms with Crippen LogP contribution in [0.2, 0.25) is 0 Å². The van der Waals surface area contributed by atoms with E-state index in [1.54, 1.807) is 6.92 Å². The van der Waals surface area contributed by atoms with E-state index in [0.29, 0.717) is 11.7 Å². The van der Waals surface area contributed by atoms with Crippen LogP contribution in [-0.2, 0) is 9.53 Å². The Kier molecular flexibility index (Phi) is 3.01. The Labute approximate surface area is 82.7 Å². The Morgan fingerprint density at radius 2 is 2.38 bits per heavy atom. The number of thioether (sulfide) groups is 1. The standard InChI is InChI=1S/C9H15NO2S/c1-4-12-8(11)6-5-9(2,3)13-7(6)10/h6,10H,4-5H2,1-3H3. The number of esters is 1. The minimum atomic E-state index is -0.319. The molecular formula is C9H15NO2S. The largest absolute Gasteiger partial charge is 0.465 e. The molecule has 13 heavy (non-hydrogen) atoms. The van der Waals surface area contributed by atoms with Gasteiger partial charge in [-0.3, -0.25) is 10.2 Å². The van der Waals surface area contributed by atoms with Gasteiger partial charge in [0.15, 0.2) is 0 Å². The Hall–Kier alpha value is -0.510. The molecule has 0 spiro atoms. The number of carbonyl (C=O) groups is 1. The van der Waals surface area contributed by atoms with Crippen LogP contribution in [0.4, 0.5) is 0 Å². The maximum atomic E-state index is 11.4. The average Bonchev–Trinajstić information content (AvgIpc) is 2.25. The molecule has 0 aromatic rings. The van der Waals surface area contributed by atoms with Gasteiger partial charge in [-0.1, -0.05) is 13.8 Å². The first-order chi connectivity index (χ1) is 5.96. The van der Waals surface area contributed by atoms with Gasteiger partial charge >= 0.3 is 5.97 Å². The van der Waals surface area contributed by atoms with E-state index in [-0.39, 0.29) is 16.6 Å². The summed E-state index contributed by atoms with van der Waals surface area (Å²) in [6.07, 6.45) is 0.718. The van der Waals surface area contributed by atoms with Crippen molar-refractivity contribution < 1.29 is 9.53 Å². The summed E-state index contributed by atoms with van der Waals surface area (Å²) in [6, 6.07) is 0. The van der Waals surface area contributed by atoms with Crippen molar-refractivity contribution in [3.8, 4) is 0 Å². The Morgan fingerprint density at radius 3 is 2.77 bits per heavy atom. The first kappa shape index (κ1) is 10.6. The van der Waals surface area contributed by atoms with Crippen LogP contribution in [-0.4, -0.2) is 22.4 Å². The number of ether oxygens (including phenoxy) is 1. The molecule has 3 nitrogen and oxygen atoms in total. The van der Waals surface area contributed by atoms with Gasteiger partial charge < -0.3 is 4.74 Å². The molecule has 0 radical (unpaired) electrons. The van der Waals surface area contributed by atoms with Gasteiger partial charge in [-0.15, -0.1) is 11.8 Å². The number of hydrogen-bond donors (Lipinski definition) is 1. The number of rotatable bonds is 2. The number of nitrogens with one attached hydrogen (secondary N) is 1. The number of carbonyl (C=O) groups excluding carboxylic acids is 1. The van der Waals surface area contributed by atoms with E-state index in [9.17, 15) is 4.79 Å². The lowest BCUT2D eigenvalue weighted by atomic mass is 9.98. The molecule has 1 rings (SSSR count). The van der Waals surface area contributed by atoms with Gasteiger partial charge in [0.2, 0.25) is 0 Å². The van der Waals surface area contributed by atoms with E-state index in [1.807, 2.05) is 13.8 Å². The summed E-state index contributed by atoms with van der Waals surface area (Å²) in [6.45, 7) is 6.28. The third-order valence-corrected chi connectivity index (χ3v) is 3.19. The second-order valence-corrected chi connectivity index (χ2v) is 5.48. The normalized spacial score (nSPS) is 26.1. The topological polar surface area (TPSA) is 50.2 Å². The minimum Gasteiger partial charge on any atom is -0.465 e. The van der Waals surface area contributed by atoms with Crippen molar-refractivity contribution in [2.45, 2.75) is 31.9 Å². The highest BCUT2D eigenvalue weighted by atomic mass is 32.2. The Bertz CT molecular complexity index is 238. The lowest BCUT2D eigenvalue weighted by Crippen LogP contribution is -2.21. The van der Waals surface area contributed by atoms with Gasteiger partial charge in [0.05, 0.1) is 11.7 Å². The third kappa shape index (κ3) is 2.46. The van der Waals surface area contributed by atoms with Crippen LogP contribution in [0.1, 0.15) is 27.2 Å². The summed E-state index contributed by atoms with van der Waals surface area (Å²) in [7, 11) is 0. The average molecular weight is 201 g/mol. The Balaban J connectivity index is 2.63. The Morgan fingerprint density at radius 1 is 1.77 bits per heavy atom. The van der Waals surface area contributed by atoms with Crippen molar-refractivity contribution in [1.82, 2.24) is 0 Å². The van der Waals surface area contributed by atoms with Crippen LogP contribution in [0.25, 0.3) is 0 Å². The molecule has 0 bridgehead atoms. The van der Waals surface area contributed by atoms with Crippen LogP contribution in [0.5, 0.6) is 0 Å². The summed E-state index contributed by atoms with van der Waals surface area (Å²) in [5.74, 6) is -0.564. The molecule has 1 aliphatic rings. The third-order valence-electron chi connectivity index (χ3n) is 1.97. The molecular weight excluding hydrogens is 186 g/mol. The van der Waals surface area contributed by atoms with E-state index in [4.69, 9.17) is 10.1 Å². The minimum absolute atomic E-state index is 0.00844. The summed E-state index contributed by atoms with van der Waals surface area (Å²) < 4.78 is 4.90. The molecule has 0 aliphatic carbocycles. The van der Waals surface area contributed by atoms with Gasteiger partial charge in [0, 0.05) is 4.75 Å². The van der Waals surface area contributed by atoms with Gasteiger partial charge in [-0.2, -0.15) is 0 Å². The number of hydrogen-bond acceptors (Lipinski definition) is 4. The summed E-state index contributed by atoms with van der Waals surface area (Å²) in [5.41, 5.74) is 0. The van der Waals surface area contributed by atoms with E-state index in [2.05, 4.69) is 0 Å². The summed E-state index contributed by atoms with van der Waals surface area (Å²) in [4.78, 5) is 11.4. The van der Waals surface area contributed by atoms with Gasteiger partial charge in [0.1, 0.15) is 5.92 Å². The second-order valence-electron chi connectivity index (χ2n) is 3.73. The molecule has 1 atom stereocenters. The molecule has 1 unspecified atom stereocenters. The first-order valence-corrected chi connectivity index (χ1v) is 5.22. The quantitative estimate of drug-likeness (QED) is 0.696. The highest BCUT2D eigenvalue weighted by Gasteiger charge is 2.41. The fraction of sp³-hybridized carbons (Fsp3) is 0.778. The maximum absolute atomic E-state index is 11.4. The van der Waals surface area contributed by atoms with Crippen molar-refractivity contribution in [3.05, 3.63) is 0 Å². The van der Waals surface area contributed by atoms with E-state index < -0.39 is 0 Å². The molecule has 0 aromatic carbocycles. The van der Waals surface area contributed by atoms with Crippen LogP contribution < -0.4 is 0 Å². The monoisotopic (exact) mass is 201 g/mol. The molecule has 1 N–H and O–H groups in total. The van der Waals surface area contributed by atoms with Gasteiger partial charge in [-0.05, 0) is 13.3 Å². The molecule has 1 aliphatic heterocycles. The van der Waals surface area contributed by atoms with Crippen molar-refractivity contribution in [1.29, 1.82) is 5.41 Å². The van der Waals surface area contributed by atoms with Crippen LogP contribution in [0.3, 0.4) is 0 Å². The van der Waals surface area contributed by atoms with Crippen molar-refractivity contribution in [2.75, 3.05) is 6.61 Å². The highest BCUT2D eigenvalue weighted by molar-refractivity contribution is 8.15. The highest BCUT2D eigenvalue weighted by Crippen LogP contribution is 2.42. The zero-order chi connectivity index (χ0) is 10.1. The molecule has 0 amide bonds. The van der Waals surface area contributed by atoms with E-state index in [0.717, 1.165) is 6.42 Å². The van der Waals surface area contributed by atoms with E-state index in [1.165, 1.54) is 11.8 Å². The zero-order valence-electron chi connectivity index (χ0n) is 8.22. The smallest absolute Gasteiger partial charge is 0.315 e. The summed E-state index contributed by atoms with van der Waals surface area (Å²) >= 11 is 1.47. The predicted octanol–water partition coefficient (Wildman–Crippen LogP) is 2.06. The van der Waals surface area contributed by atoms with Crippen molar-refractivity contribution in [3.63, 3.8) is 0 Å². The molecule has 1 heterocycles. The fourth-order valence-electron chi connectivity index (χ4n) is 1.43. The second kappa shape index (κ2) is 3.70. The van der Waals surface area contributed by atoms with Crippen molar-refractivity contribution in [2.24, 2.45) is 5.92 Å². The van der Waals surface area contributed by atoms with Crippen molar-refractivity contribution >= 4 is 22.8 Å². The molecule has 4 heteroatoms. The summed E-state index contributed by atoms with van der Waals surface area (Å²) in [5, 5.41) is 8.08. The molecule has 74 valence electrons. The van der Waals surface area contributed by atoms with Gasteiger partial charge in [0.25, 0.3) is 0 Å². The molecule has 1 saturated heterocycles. The SMILES string of the molecule is CCOC(=O)C1CC(C)(C)SC1=N. The molecule has 1 fully saturated rings. The maximum Gasteiger partial charge on any atom is 0.315 e. The van der Waals surface area contributed by atoms with Crippen LogP contribution in [0, 0.1) is 11.3 Å². The molecule has 0 saturated carbocycles. The van der Waals surface area contributed by atoms with Gasteiger partial charge in [-0.25, -0.2) is 0 Å². The zero-order valence-corrected chi connectivity index (χ0v) is 9.03. The van der Waals surface area contributed by atoms with E-state index >= 15 is 0 Å². The molecule has 0 aromatic heterocycles. The van der Waals surface area contributed by atoms with Crippen LogP contribution >= 0.6 is 11.8 Å².